The zero-order chi connectivity index (χ0) is 10.1. The van der Waals surface area contributed by atoms with Gasteiger partial charge >= 0.3 is 5.97 Å². The van der Waals surface area contributed by atoms with E-state index in [0.717, 1.165) is 6.42 Å². The Labute approximate surface area is 77.8 Å². The Hall–Kier alpha value is -0.610. The number of carboxylic acid groups (broad SMARTS) is 1. The van der Waals surface area contributed by atoms with Crippen LogP contribution in [0.1, 0.15) is 33.6 Å². The third-order valence-corrected chi connectivity index (χ3v) is 2.08. The first kappa shape index (κ1) is 10.5. The van der Waals surface area contributed by atoms with Gasteiger partial charge in [-0.15, -0.1) is 0 Å². The molecule has 0 saturated carbocycles. The van der Waals surface area contributed by atoms with Crippen molar-refractivity contribution >= 4 is 5.97 Å². The fourth-order valence-corrected chi connectivity index (χ4v) is 1.51. The van der Waals surface area contributed by atoms with Crippen molar-refractivity contribution in [2.24, 2.45) is 0 Å². The van der Waals surface area contributed by atoms with E-state index in [1.165, 1.54) is 0 Å². The summed E-state index contributed by atoms with van der Waals surface area (Å²) >= 11 is 0. The van der Waals surface area contributed by atoms with Gasteiger partial charge in [0.05, 0.1) is 6.10 Å². The van der Waals surface area contributed by atoms with Crippen LogP contribution >= 0.6 is 0 Å². The average molecular weight is 188 g/mol. The molecule has 1 fully saturated rings. The van der Waals surface area contributed by atoms with Crippen molar-refractivity contribution in [3.05, 3.63) is 0 Å². The quantitative estimate of drug-likeness (QED) is 0.711. The van der Waals surface area contributed by atoms with Gasteiger partial charge in [-0.3, -0.25) is 0 Å². The molecule has 4 nitrogen and oxygen atoms in total. The summed E-state index contributed by atoms with van der Waals surface area (Å²) in [7, 11) is 0. The van der Waals surface area contributed by atoms with Crippen LogP contribution in [0.4, 0.5) is 0 Å². The summed E-state index contributed by atoms with van der Waals surface area (Å²) < 4.78 is 10.8. The number of ether oxygens (including phenoxy) is 2. The maximum absolute atomic E-state index is 10.7. The fraction of sp³-hybridized carbons (Fsp3) is 0.889. The maximum atomic E-state index is 10.7. The summed E-state index contributed by atoms with van der Waals surface area (Å²) in [5.74, 6) is -1.68. The molecule has 1 aliphatic heterocycles. The van der Waals surface area contributed by atoms with Crippen LogP contribution in [0.3, 0.4) is 0 Å². The number of hydrogen-bond acceptors (Lipinski definition) is 3. The summed E-state index contributed by atoms with van der Waals surface area (Å²) in [6, 6.07) is 0. The van der Waals surface area contributed by atoms with E-state index >= 15 is 0 Å². The Morgan fingerprint density at radius 1 is 1.54 bits per heavy atom. The van der Waals surface area contributed by atoms with Gasteiger partial charge in [0.2, 0.25) is 0 Å². The molecule has 0 aromatic rings. The summed E-state index contributed by atoms with van der Waals surface area (Å²) in [5, 5.41) is 8.80. The van der Waals surface area contributed by atoms with Crippen LogP contribution in [-0.2, 0) is 14.3 Å². The molecule has 76 valence electrons. The van der Waals surface area contributed by atoms with Gasteiger partial charge in [0.1, 0.15) is 0 Å². The van der Waals surface area contributed by atoms with Crippen molar-refractivity contribution in [1.82, 2.24) is 0 Å². The fourth-order valence-electron chi connectivity index (χ4n) is 1.51. The molecule has 13 heavy (non-hydrogen) atoms. The van der Waals surface area contributed by atoms with E-state index in [2.05, 4.69) is 0 Å². The van der Waals surface area contributed by atoms with Crippen molar-refractivity contribution < 1.29 is 19.4 Å². The van der Waals surface area contributed by atoms with Gasteiger partial charge < -0.3 is 14.6 Å². The van der Waals surface area contributed by atoms with E-state index in [9.17, 15) is 4.79 Å². The lowest BCUT2D eigenvalue weighted by atomic mass is 10.1. The molecular weight excluding hydrogens is 172 g/mol. The molecule has 4 heteroatoms. The van der Waals surface area contributed by atoms with Crippen LogP contribution < -0.4 is 0 Å². The summed E-state index contributed by atoms with van der Waals surface area (Å²) in [6.07, 6.45) is 0.518. The monoisotopic (exact) mass is 188 g/mol. The minimum atomic E-state index is -0.908. The number of aliphatic carboxylic acids is 1. The Morgan fingerprint density at radius 3 is 2.62 bits per heavy atom. The smallest absolute Gasteiger partial charge is 0.333 e. The lowest BCUT2D eigenvalue weighted by Crippen LogP contribution is -2.47. The Kier molecular flexibility index (Phi) is 2.93. The van der Waals surface area contributed by atoms with Crippen LogP contribution in [0, 0.1) is 0 Å². The Morgan fingerprint density at radius 2 is 2.15 bits per heavy atom. The van der Waals surface area contributed by atoms with Gasteiger partial charge in [-0.2, -0.15) is 0 Å². The normalized spacial score (nSPS) is 32.8. The summed E-state index contributed by atoms with van der Waals surface area (Å²) in [6.45, 7) is 5.46. The summed E-state index contributed by atoms with van der Waals surface area (Å²) in [5.41, 5.74) is 0. The van der Waals surface area contributed by atoms with Crippen molar-refractivity contribution in [3.8, 4) is 0 Å². The second kappa shape index (κ2) is 3.64. The van der Waals surface area contributed by atoms with Crippen molar-refractivity contribution in [2.45, 2.75) is 51.6 Å². The molecular formula is C9H16O4. The van der Waals surface area contributed by atoms with Gasteiger partial charge in [-0.1, -0.05) is 6.92 Å². The first-order chi connectivity index (χ1) is 5.94. The largest absolute Gasteiger partial charge is 0.479 e. The maximum Gasteiger partial charge on any atom is 0.333 e. The third kappa shape index (κ3) is 2.67. The van der Waals surface area contributed by atoms with E-state index in [4.69, 9.17) is 14.6 Å². The first-order valence-corrected chi connectivity index (χ1v) is 4.53. The minimum Gasteiger partial charge on any atom is -0.479 e. The van der Waals surface area contributed by atoms with Crippen LogP contribution in [0.25, 0.3) is 0 Å². The van der Waals surface area contributed by atoms with Gasteiger partial charge in [0, 0.05) is 6.42 Å². The molecule has 2 atom stereocenters. The molecule has 1 N–H and O–H groups in total. The lowest BCUT2D eigenvalue weighted by molar-refractivity contribution is -0.297. The second-order valence-electron chi connectivity index (χ2n) is 3.73. The SMILES string of the molecule is CC[C@@H]1C[C@H](C(=O)O)OC(C)(C)O1. The molecule has 0 aliphatic carbocycles. The van der Waals surface area contributed by atoms with E-state index in [1.807, 2.05) is 6.92 Å². The molecule has 0 spiro atoms. The first-order valence-electron chi connectivity index (χ1n) is 4.53. The molecule has 1 saturated heterocycles. The van der Waals surface area contributed by atoms with E-state index < -0.39 is 17.9 Å². The van der Waals surface area contributed by atoms with Crippen molar-refractivity contribution in [3.63, 3.8) is 0 Å². The van der Waals surface area contributed by atoms with Crippen LogP contribution in [-0.4, -0.2) is 29.1 Å². The number of carbonyl (C=O) groups is 1. The predicted molar refractivity (Wildman–Crippen MR) is 46.4 cm³/mol. The molecule has 0 aromatic heterocycles. The van der Waals surface area contributed by atoms with Gasteiger partial charge in [0.25, 0.3) is 0 Å². The van der Waals surface area contributed by atoms with Gasteiger partial charge in [-0.25, -0.2) is 4.79 Å². The highest BCUT2D eigenvalue weighted by molar-refractivity contribution is 5.72. The van der Waals surface area contributed by atoms with E-state index in [0.29, 0.717) is 6.42 Å². The molecule has 0 bridgehead atoms. The molecule has 1 rings (SSSR count). The van der Waals surface area contributed by atoms with Crippen LogP contribution in [0.2, 0.25) is 0 Å². The van der Waals surface area contributed by atoms with Crippen LogP contribution in [0.15, 0.2) is 0 Å². The molecule has 0 amide bonds. The minimum absolute atomic E-state index is 0.00940. The highest BCUT2D eigenvalue weighted by Crippen LogP contribution is 2.28. The van der Waals surface area contributed by atoms with Gasteiger partial charge in [0.15, 0.2) is 11.9 Å². The van der Waals surface area contributed by atoms with Crippen molar-refractivity contribution in [2.75, 3.05) is 0 Å². The highest BCUT2D eigenvalue weighted by Gasteiger charge is 2.37. The number of hydrogen-bond donors (Lipinski definition) is 1. The molecule has 0 aromatic carbocycles. The molecule has 1 heterocycles. The molecule has 1 aliphatic rings. The topological polar surface area (TPSA) is 55.8 Å². The molecule has 0 unspecified atom stereocenters. The number of carboxylic acids is 1. The Bertz CT molecular complexity index is 200. The predicted octanol–water partition coefficient (Wildman–Crippen LogP) is 1.39. The Balaban J connectivity index is 2.65. The average Bonchev–Trinajstić information content (AvgIpc) is 2.01. The van der Waals surface area contributed by atoms with Crippen molar-refractivity contribution in [1.29, 1.82) is 0 Å². The zero-order valence-electron chi connectivity index (χ0n) is 8.24. The molecule has 0 radical (unpaired) electrons. The second-order valence-corrected chi connectivity index (χ2v) is 3.73. The van der Waals surface area contributed by atoms with Crippen LogP contribution in [0.5, 0.6) is 0 Å². The third-order valence-electron chi connectivity index (χ3n) is 2.08. The zero-order valence-corrected chi connectivity index (χ0v) is 8.24. The summed E-state index contributed by atoms with van der Waals surface area (Å²) in [4.78, 5) is 10.7. The number of rotatable bonds is 2. The standard InChI is InChI=1S/C9H16O4/c1-4-6-5-7(8(10)11)13-9(2,3)12-6/h6-7H,4-5H2,1-3H3,(H,10,11)/t6-,7-/m1/s1. The van der Waals surface area contributed by atoms with Gasteiger partial charge in [-0.05, 0) is 20.3 Å². The highest BCUT2D eigenvalue weighted by atomic mass is 16.7. The van der Waals surface area contributed by atoms with E-state index in [-0.39, 0.29) is 6.10 Å². The lowest BCUT2D eigenvalue weighted by Gasteiger charge is -2.38. The van der Waals surface area contributed by atoms with E-state index in [1.54, 1.807) is 13.8 Å².